The van der Waals surface area contributed by atoms with Crippen molar-refractivity contribution in [2.24, 2.45) is 0 Å². The molecule has 8 heteroatoms. The molecule has 0 radical (unpaired) electrons. The lowest BCUT2D eigenvalue weighted by Gasteiger charge is -2.16. The zero-order valence-corrected chi connectivity index (χ0v) is 18.1. The average Bonchev–Trinajstić information content (AvgIpc) is 3.26. The summed E-state index contributed by atoms with van der Waals surface area (Å²) in [4.78, 5) is 4.35. The van der Waals surface area contributed by atoms with Crippen LogP contribution in [0.5, 0.6) is 0 Å². The molecule has 2 heterocycles. The second-order valence-electron chi connectivity index (χ2n) is 7.29. The molecular formula is C22H22ClF2N3OS. The van der Waals surface area contributed by atoms with Crippen molar-refractivity contribution < 1.29 is 13.5 Å². The van der Waals surface area contributed by atoms with E-state index in [9.17, 15) is 8.78 Å². The molecule has 158 valence electrons. The molecule has 0 aliphatic carbocycles. The predicted octanol–water partition coefficient (Wildman–Crippen LogP) is 6.16. The van der Waals surface area contributed by atoms with Crippen LogP contribution < -0.4 is 0 Å². The number of rotatable bonds is 9. The van der Waals surface area contributed by atoms with Crippen molar-refractivity contribution in [2.75, 3.05) is 5.75 Å². The van der Waals surface area contributed by atoms with Gasteiger partial charge < -0.3 is 4.74 Å². The van der Waals surface area contributed by atoms with Crippen LogP contribution in [0.1, 0.15) is 43.4 Å². The third-order valence-electron chi connectivity index (χ3n) is 5.21. The first kappa shape index (κ1) is 21.3. The van der Waals surface area contributed by atoms with Crippen LogP contribution in [0.25, 0.3) is 0 Å². The largest absolute Gasteiger partial charge is 0.354 e. The summed E-state index contributed by atoms with van der Waals surface area (Å²) in [5, 5.41) is 5.63. The molecule has 1 aromatic heterocycles. The third kappa shape index (κ3) is 4.24. The highest BCUT2D eigenvalue weighted by Gasteiger charge is 2.61. The van der Waals surface area contributed by atoms with Gasteiger partial charge in [0.05, 0.1) is 6.54 Å². The van der Waals surface area contributed by atoms with Crippen LogP contribution in [0.15, 0.2) is 53.9 Å². The van der Waals surface area contributed by atoms with Gasteiger partial charge in [-0.2, -0.15) is 5.10 Å². The van der Waals surface area contributed by atoms with E-state index < -0.39 is 23.3 Å². The van der Waals surface area contributed by atoms with Crippen molar-refractivity contribution in [3.63, 3.8) is 0 Å². The minimum atomic E-state index is -1.03. The Balaban J connectivity index is 1.65. The number of aromatic nitrogens is 3. The molecule has 0 amide bonds. The minimum absolute atomic E-state index is 0.252. The fraction of sp³-hybridized carbons (Fsp3) is 0.364. The van der Waals surface area contributed by atoms with Crippen LogP contribution in [-0.4, -0.2) is 20.5 Å². The van der Waals surface area contributed by atoms with Crippen molar-refractivity contribution in [1.29, 1.82) is 0 Å². The average molecular weight is 450 g/mol. The van der Waals surface area contributed by atoms with Gasteiger partial charge in [0.25, 0.3) is 0 Å². The Kier molecular flexibility index (Phi) is 6.41. The van der Waals surface area contributed by atoms with Gasteiger partial charge in [0.15, 0.2) is 5.16 Å². The fourth-order valence-corrected chi connectivity index (χ4v) is 4.78. The first-order valence-corrected chi connectivity index (χ1v) is 11.3. The first-order valence-electron chi connectivity index (χ1n) is 9.93. The second-order valence-corrected chi connectivity index (χ2v) is 8.76. The van der Waals surface area contributed by atoms with Crippen molar-refractivity contribution in [3.8, 4) is 0 Å². The number of unbranched alkanes of at least 4 members (excludes halogenated alkanes) is 2. The number of hydrogen-bond donors (Lipinski definition) is 0. The van der Waals surface area contributed by atoms with E-state index in [4.69, 9.17) is 16.3 Å². The Morgan fingerprint density at radius 3 is 2.80 bits per heavy atom. The molecule has 30 heavy (non-hydrogen) atoms. The number of nitrogens with zero attached hydrogens (tertiary/aromatic N) is 3. The van der Waals surface area contributed by atoms with Crippen LogP contribution >= 0.6 is 23.4 Å². The van der Waals surface area contributed by atoms with Crippen LogP contribution in [0, 0.1) is 11.6 Å². The molecule has 0 bridgehead atoms. The molecule has 3 aromatic rings. The van der Waals surface area contributed by atoms with Crippen LogP contribution in [-0.2, 0) is 16.9 Å². The highest BCUT2D eigenvalue weighted by molar-refractivity contribution is 7.99. The summed E-state index contributed by atoms with van der Waals surface area (Å²) in [5.41, 5.74) is 0.0151. The van der Waals surface area contributed by atoms with Gasteiger partial charge in [-0.25, -0.2) is 18.4 Å². The molecule has 2 atom stereocenters. The van der Waals surface area contributed by atoms with Crippen molar-refractivity contribution in [2.45, 2.75) is 49.6 Å². The van der Waals surface area contributed by atoms with Gasteiger partial charge in [-0.3, -0.25) is 0 Å². The summed E-state index contributed by atoms with van der Waals surface area (Å²) in [7, 11) is 0. The van der Waals surface area contributed by atoms with Crippen LogP contribution in [0.4, 0.5) is 8.78 Å². The van der Waals surface area contributed by atoms with E-state index in [-0.39, 0.29) is 12.1 Å². The summed E-state index contributed by atoms with van der Waals surface area (Å²) in [6.45, 7) is 2.41. The Morgan fingerprint density at radius 1 is 1.20 bits per heavy atom. The molecule has 0 spiro atoms. The summed E-state index contributed by atoms with van der Waals surface area (Å²) < 4.78 is 36.2. The van der Waals surface area contributed by atoms with Crippen molar-refractivity contribution in [3.05, 3.63) is 76.6 Å². The molecule has 1 aliphatic heterocycles. The highest BCUT2D eigenvalue weighted by atomic mass is 35.5. The van der Waals surface area contributed by atoms with E-state index in [1.165, 1.54) is 18.5 Å². The molecule has 0 saturated carbocycles. The standard InChI is InChI=1S/C22H22ClF2N3OS/c1-2-3-6-11-30-21-26-14-27-28(21)13-22(17-10-9-15(24)12-19(17)25)20(29-22)16-7-4-5-8-18(16)23/h4-5,7-10,12,14,20H,2-3,6,11,13H2,1H3/t20-,22+/m0/s1. The Morgan fingerprint density at radius 2 is 2.03 bits per heavy atom. The highest BCUT2D eigenvalue weighted by Crippen LogP contribution is 2.59. The first-order chi connectivity index (χ1) is 14.5. The maximum atomic E-state index is 14.8. The normalized spacial score (nSPS) is 20.5. The van der Waals surface area contributed by atoms with Gasteiger partial charge in [0.1, 0.15) is 29.7 Å². The predicted molar refractivity (Wildman–Crippen MR) is 114 cm³/mol. The van der Waals surface area contributed by atoms with Crippen LogP contribution in [0.2, 0.25) is 5.02 Å². The number of epoxide rings is 1. The molecule has 0 N–H and O–H groups in total. The van der Waals surface area contributed by atoms with Crippen LogP contribution in [0.3, 0.4) is 0 Å². The molecular weight excluding hydrogens is 428 g/mol. The SMILES string of the molecule is CCCCCSc1ncnn1C[C@]1(c2ccc(F)cc2F)O[C@H]1c1ccccc1Cl. The van der Waals surface area contributed by atoms with Crippen molar-refractivity contribution in [1.82, 2.24) is 14.8 Å². The molecule has 0 unspecified atom stereocenters. The zero-order chi connectivity index (χ0) is 21.1. The van der Waals surface area contributed by atoms with Gasteiger partial charge >= 0.3 is 0 Å². The lowest BCUT2D eigenvalue weighted by atomic mass is 9.91. The quantitative estimate of drug-likeness (QED) is 0.223. The van der Waals surface area contributed by atoms with E-state index in [1.54, 1.807) is 22.5 Å². The monoisotopic (exact) mass is 449 g/mol. The number of halogens is 3. The number of hydrogen-bond acceptors (Lipinski definition) is 4. The molecule has 4 rings (SSSR count). The third-order valence-corrected chi connectivity index (χ3v) is 6.62. The molecule has 4 nitrogen and oxygen atoms in total. The maximum absolute atomic E-state index is 14.8. The summed E-state index contributed by atoms with van der Waals surface area (Å²) in [6, 6.07) is 10.9. The maximum Gasteiger partial charge on any atom is 0.186 e. The Hall–Kier alpha value is -1.96. The summed E-state index contributed by atoms with van der Waals surface area (Å²) in [5.74, 6) is -0.352. The second kappa shape index (κ2) is 9.04. The Labute approximate surface area is 183 Å². The number of thioether (sulfide) groups is 1. The van der Waals surface area contributed by atoms with Gasteiger partial charge in [-0.05, 0) is 18.6 Å². The van der Waals surface area contributed by atoms with E-state index in [1.807, 2.05) is 18.2 Å². The van der Waals surface area contributed by atoms with E-state index in [0.717, 1.165) is 41.8 Å². The molecule has 1 fully saturated rings. The van der Waals surface area contributed by atoms with Gasteiger partial charge in [-0.1, -0.05) is 67.4 Å². The summed E-state index contributed by atoms with van der Waals surface area (Å²) in [6.07, 6.45) is 4.42. The minimum Gasteiger partial charge on any atom is -0.354 e. The van der Waals surface area contributed by atoms with Gasteiger partial charge in [-0.15, -0.1) is 0 Å². The van der Waals surface area contributed by atoms with Gasteiger partial charge in [0.2, 0.25) is 0 Å². The lowest BCUT2D eigenvalue weighted by Crippen LogP contribution is -2.22. The number of benzene rings is 2. The van der Waals surface area contributed by atoms with Gasteiger partial charge in [0, 0.05) is 28.0 Å². The van der Waals surface area contributed by atoms with E-state index >= 15 is 0 Å². The van der Waals surface area contributed by atoms with E-state index in [2.05, 4.69) is 17.0 Å². The number of ether oxygens (including phenoxy) is 1. The molecule has 1 aliphatic rings. The zero-order valence-electron chi connectivity index (χ0n) is 16.5. The topological polar surface area (TPSA) is 43.2 Å². The molecule has 2 aromatic carbocycles. The smallest absolute Gasteiger partial charge is 0.186 e. The Bertz CT molecular complexity index is 1030. The molecule has 1 saturated heterocycles. The fourth-order valence-electron chi connectivity index (χ4n) is 3.63. The van der Waals surface area contributed by atoms with E-state index in [0.29, 0.717) is 5.02 Å². The lowest BCUT2D eigenvalue weighted by molar-refractivity contribution is 0.250. The van der Waals surface area contributed by atoms with Crippen molar-refractivity contribution >= 4 is 23.4 Å². The summed E-state index contributed by atoms with van der Waals surface area (Å²) >= 11 is 8.00.